The molecular formula is C25H33FN2O3. The molecule has 0 aliphatic heterocycles. The van der Waals surface area contributed by atoms with Gasteiger partial charge in [0, 0.05) is 25.1 Å². The molecule has 0 aliphatic carbocycles. The van der Waals surface area contributed by atoms with E-state index in [0.29, 0.717) is 31.1 Å². The van der Waals surface area contributed by atoms with Gasteiger partial charge in [-0.05, 0) is 44.4 Å². The number of carbonyl (C=O) groups is 2. The summed E-state index contributed by atoms with van der Waals surface area (Å²) in [6, 6.07) is 13.3. The summed E-state index contributed by atoms with van der Waals surface area (Å²) in [5.74, 6) is 0.212. The summed E-state index contributed by atoms with van der Waals surface area (Å²) in [5, 5.41) is 2.86. The van der Waals surface area contributed by atoms with Gasteiger partial charge in [0.05, 0.1) is 6.61 Å². The van der Waals surface area contributed by atoms with Gasteiger partial charge >= 0.3 is 0 Å². The number of ether oxygens (including phenoxy) is 1. The fraction of sp³-hybridized carbons (Fsp3) is 0.440. The molecule has 0 unspecified atom stereocenters. The van der Waals surface area contributed by atoms with Gasteiger partial charge in [-0.15, -0.1) is 0 Å². The minimum Gasteiger partial charge on any atom is -0.494 e. The summed E-state index contributed by atoms with van der Waals surface area (Å²) in [4.78, 5) is 27.0. The van der Waals surface area contributed by atoms with E-state index in [1.807, 2.05) is 45.0 Å². The quantitative estimate of drug-likeness (QED) is 0.537. The molecule has 0 bridgehead atoms. The first-order chi connectivity index (χ1) is 14.8. The van der Waals surface area contributed by atoms with Crippen LogP contribution in [-0.4, -0.2) is 35.9 Å². The third kappa shape index (κ3) is 8.04. The van der Waals surface area contributed by atoms with Crippen molar-refractivity contribution < 1.29 is 18.7 Å². The first-order valence-corrected chi connectivity index (χ1v) is 10.8. The lowest BCUT2D eigenvalue weighted by atomic mass is 10.1. The summed E-state index contributed by atoms with van der Waals surface area (Å²) >= 11 is 0. The average molecular weight is 429 g/mol. The van der Waals surface area contributed by atoms with Crippen LogP contribution in [0.1, 0.15) is 44.7 Å². The maximum absolute atomic E-state index is 14.2. The van der Waals surface area contributed by atoms with Crippen molar-refractivity contribution in [3.8, 4) is 5.75 Å². The van der Waals surface area contributed by atoms with E-state index in [4.69, 9.17) is 4.74 Å². The second-order valence-corrected chi connectivity index (χ2v) is 8.19. The lowest BCUT2D eigenvalue weighted by molar-refractivity contribution is -0.140. The van der Waals surface area contributed by atoms with E-state index < -0.39 is 11.9 Å². The second-order valence-electron chi connectivity index (χ2n) is 8.19. The van der Waals surface area contributed by atoms with Crippen LogP contribution in [0.3, 0.4) is 0 Å². The van der Waals surface area contributed by atoms with Crippen molar-refractivity contribution >= 4 is 11.8 Å². The van der Waals surface area contributed by atoms with Crippen molar-refractivity contribution in [2.24, 2.45) is 5.92 Å². The van der Waals surface area contributed by atoms with Crippen LogP contribution < -0.4 is 10.1 Å². The Hall–Kier alpha value is -2.89. The predicted molar refractivity (Wildman–Crippen MR) is 120 cm³/mol. The highest BCUT2D eigenvalue weighted by molar-refractivity contribution is 5.87. The molecule has 0 radical (unpaired) electrons. The molecule has 2 amide bonds. The summed E-state index contributed by atoms with van der Waals surface area (Å²) in [6.45, 7) is 8.64. The third-order valence-electron chi connectivity index (χ3n) is 4.98. The summed E-state index contributed by atoms with van der Waals surface area (Å²) in [5.41, 5.74) is 1.53. The molecule has 2 aromatic rings. The van der Waals surface area contributed by atoms with Crippen LogP contribution in [0.15, 0.2) is 48.5 Å². The van der Waals surface area contributed by atoms with E-state index in [2.05, 4.69) is 5.32 Å². The lowest BCUT2D eigenvalue weighted by Gasteiger charge is -2.29. The molecule has 168 valence electrons. The van der Waals surface area contributed by atoms with Gasteiger partial charge in [-0.1, -0.05) is 49.7 Å². The first kappa shape index (κ1) is 24.4. The van der Waals surface area contributed by atoms with Crippen LogP contribution >= 0.6 is 0 Å². The summed E-state index contributed by atoms with van der Waals surface area (Å²) in [7, 11) is 0. The zero-order chi connectivity index (χ0) is 22.8. The molecule has 31 heavy (non-hydrogen) atoms. The number of carbonyl (C=O) groups excluding carboxylic acids is 2. The van der Waals surface area contributed by atoms with Crippen molar-refractivity contribution in [2.75, 3.05) is 13.2 Å². The molecule has 0 aliphatic rings. The van der Waals surface area contributed by atoms with E-state index >= 15 is 0 Å². The standard InChI is InChI=1S/C25H33FN2O3/c1-18(2)16-27-25(30)20(4)28(17-21-8-5-6-9-23(21)26)24(29)10-7-15-31-22-13-11-19(3)12-14-22/h5-6,8-9,11-14,18,20H,7,10,15-17H2,1-4H3,(H,27,30)/t20-/m1/s1. The van der Waals surface area contributed by atoms with Crippen molar-refractivity contribution in [1.82, 2.24) is 10.2 Å². The molecule has 2 rings (SSSR count). The molecular weight excluding hydrogens is 395 g/mol. The SMILES string of the molecule is Cc1ccc(OCCCC(=O)N(Cc2ccccc2F)[C@H](C)C(=O)NCC(C)C)cc1. The molecule has 1 atom stereocenters. The van der Waals surface area contributed by atoms with Crippen molar-refractivity contribution in [2.45, 2.75) is 53.1 Å². The molecule has 0 fully saturated rings. The maximum Gasteiger partial charge on any atom is 0.242 e. The van der Waals surface area contributed by atoms with Crippen LogP contribution in [0.2, 0.25) is 0 Å². The monoisotopic (exact) mass is 428 g/mol. The van der Waals surface area contributed by atoms with E-state index in [9.17, 15) is 14.0 Å². The maximum atomic E-state index is 14.2. The van der Waals surface area contributed by atoms with Crippen LogP contribution in [0.5, 0.6) is 5.75 Å². The van der Waals surface area contributed by atoms with Gasteiger partial charge in [0.1, 0.15) is 17.6 Å². The Labute approximate surface area is 184 Å². The lowest BCUT2D eigenvalue weighted by Crippen LogP contribution is -2.48. The van der Waals surface area contributed by atoms with E-state index in [1.54, 1.807) is 25.1 Å². The van der Waals surface area contributed by atoms with E-state index in [1.165, 1.54) is 11.0 Å². The molecule has 2 aromatic carbocycles. The highest BCUT2D eigenvalue weighted by Gasteiger charge is 2.26. The van der Waals surface area contributed by atoms with E-state index in [0.717, 1.165) is 11.3 Å². The summed E-state index contributed by atoms with van der Waals surface area (Å²) in [6.07, 6.45) is 0.711. The fourth-order valence-corrected chi connectivity index (χ4v) is 3.04. The highest BCUT2D eigenvalue weighted by Crippen LogP contribution is 2.16. The van der Waals surface area contributed by atoms with Crippen LogP contribution in [0, 0.1) is 18.7 Å². The largest absolute Gasteiger partial charge is 0.494 e. The van der Waals surface area contributed by atoms with Gasteiger partial charge in [0.15, 0.2) is 0 Å². The van der Waals surface area contributed by atoms with Crippen molar-refractivity contribution in [3.05, 3.63) is 65.5 Å². The zero-order valence-corrected chi connectivity index (χ0v) is 18.9. The van der Waals surface area contributed by atoms with Crippen LogP contribution in [0.4, 0.5) is 4.39 Å². The number of aryl methyl sites for hydroxylation is 1. The van der Waals surface area contributed by atoms with Crippen molar-refractivity contribution in [1.29, 1.82) is 0 Å². The van der Waals surface area contributed by atoms with Gasteiger partial charge in [0.25, 0.3) is 0 Å². The Morgan fingerprint density at radius 2 is 1.74 bits per heavy atom. The average Bonchev–Trinajstić information content (AvgIpc) is 2.75. The number of nitrogens with zero attached hydrogens (tertiary/aromatic N) is 1. The molecule has 1 N–H and O–H groups in total. The Kier molecular flexibility index (Phi) is 9.50. The number of halogens is 1. The number of hydrogen-bond donors (Lipinski definition) is 1. The Morgan fingerprint density at radius 3 is 2.39 bits per heavy atom. The minimum atomic E-state index is -0.705. The number of benzene rings is 2. The molecule has 0 heterocycles. The molecule has 6 heteroatoms. The fourth-order valence-electron chi connectivity index (χ4n) is 3.04. The van der Waals surface area contributed by atoms with Gasteiger partial charge < -0.3 is 15.0 Å². The Morgan fingerprint density at radius 1 is 1.06 bits per heavy atom. The molecule has 0 aromatic heterocycles. The van der Waals surface area contributed by atoms with E-state index in [-0.39, 0.29) is 24.8 Å². The predicted octanol–water partition coefficient (Wildman–Crippen LogP) is 4.48. The number of nitrogens with one attached hydrogen (secondary N) is 1. The highest BCUT2D eigenvalue weighted by atomic mass is 19.1. The smallest absolute Gasteiger partial charge is 0.242 e. The zero-order valence-electron chi connectivity index (χ0n) is 18.9. The van der Waals surface area contributed by atoms with Crippen LogP contribution in [0.25, 0.3) is 0 Å². The van der Waals surface area contributed by atoms with Gasteiger partial charge in [0.2, 0.25) is 11.8 Å². The van der Waals surface area contributed by atoms with Crippen LogP contribution in [-0.2, 0) is 16.1 Å². The second kappa shape index (κ2) is 12.1. The first-order valence-electron chi connectivity index (χ1n) is 10.8. The third-order valence-corrected chi connectivity index (χ3v) is 4.98. The Balaban J connectivity index is 2.00. The number of hydrogen-bond acceptors (Lipinski definition) is 3. The molecule has 0 saturated carbocycles. The normalized spacial score (nSPS) is 11.8. The number of rotatable bonds is 11. The summed E-state index contributed by atoms with van der Waals surface area (Å²) < 4.78 is 19.9. The molecule has 5 nitrogen and oxygen atoms in total. The molecule has 0 spiro atoms. The number of amides is 2. The molecule has 0 saturated heterocycles. The van der Waals surface area contributed by atoms with Crippen molar-refractivity contribution in [3.63, 3.8) is 0 Å². The van der Waals surface area contributed by atoms with Gasteiger partial charge in [-0.3, -0.25) is 9.59 Å². The van der Waals surface area contributed by atoms with Gasteiger partial charge in [-0.2, -0.15) is 0 Å². The van der Waals surface area contributed by atoms with Gasteiger partial charge in [-0.25, -0.2) is 4.39 Å². The topological polar surface area (TPSA) is 58.6 Å². The minimum absolute atomic E-state index is 0.0423. The Bertz CT molecular complexity index is 852.